The van der Waals surface area contributed by atoms with Crippen LogP contribution < -0.4 is 5.32 Å². The molecule has 0 aliphatic rings. The fourth-order valence-corrected chi connectivity index (χ4v) is 3.14. The number of rotatable bonds is 7. The molecule has 4 heteroatoms. The first-order valence-corrected chi connectivity index (χ1v) is 8.39. The van der Waals surface area contributed by atoms with E-state index in [0.29, 0.717) is 6.04 Å². The maximum atomic E-state index is 6.06. The SMILES string of the molecule is CNCc1c(CN(C)C(C)CSC)oc2ccccc12. The van der Waals surface area contributed by atoms with Crippen LogP contribution in [0.3, 0.4) is 0 Å². The van der Waals surface area contributed by atoms with Gasteiger partial charge in [0.15, 0.2) is 0 Å². The van der Waals surface area contributed by atoms with Crippen molar-refractivity contribution in [2.75, 3.05) is 26.1 Å². The van der Waals surface area contributed by atoms with Crippen LogP contribution in [0.4, 0.5) is 0 Å². The van der Waals surface area contributed by atoms with Crippen molar-refractivity contribution in [1.29, 1.82) is 0 Å². The summed E-state index contributed by atoms with van der Waals surface area (Å²) in [7, 11) is 4.14. The second-order valence-electron chi connectivity index (χ2n) is 5.25. The Morgan fingerprint density at radius 2 is 2.10 bits per heavy atom. The average molecular weight is 292 g/mol. The molecule has 110 valence electrons. The van der Waals surface area contributed by atoms with Crippen molar-refractivity contribution in [3.05, 3.63) is 35.6 Å². The molecule has 1 N–H and O–H groups in total. The number of para-hydroxylation sites is 1. The molecule has 1 aromatic carbocycles. The molecular formula is C16H24N2OS. The maximum absolute atomic E-state index is 6.06. The van der Waals surface area contributed by atoms with Gasteiger partial charge < -0.3 is 9.73 Å². The first-order chi connectivity index (χ1) is 9.67. The third kappa shape index (κ3) is 3.37. The Bertz CT molecular complexity index is 552. The van der Waals surface area contributed by atoms with Gasteiger partial charge in [-0.25, -0.2) is 0 Å². The highest BCUT2D eigenvalue weighted by atomic mass is 32.2. The Morgan fingerprint density at radius 1 is 1.35 bits per heavy atom. The normalized spacial score (nSPS) is 13.2. The largest absolute Gasteiger partial charge is 0.459 e. The summed E-state index contributed by atoms with van der Waals surface area (Å²) in [5.74, 6) is 2.22. The molecule has 2 rings (SSSR count). The summed E-state index contributed by atoms with van der Waals surface area (Å²) < 4.78 is 6.06. The van der Waals surface area contributed by atoms with Gasteiger partial charge in [-0.15, -0.1) is 0 Å². The first-order valence-electron chi connectivity index (χ1n) is 7.00. The zero-order valence-corrected chi connectivity index (χ0v) is 13.6. The van der Waals surface area contributed by atoms with Gasteiger partial charge in [-0.3, -0.25) is 4.90 Å². The summed E-state index contributed by atoms with van der Waals surface area (Å²) in [5.41, 5.74) is 2.27. The van der Waals surface area contributed by atoms with Crippen molar-refractivity contribution in [3.63, 3.8) is 0 Å². The van der Waals surface area contributed by atoms with E-state index in [-0.39, 0.29) is 0 Å². The van der Waals surface area contributed by atoms with Crippen LogP contribution in [0, 0.1) is 0 Å². The van der Waals surface area contributed by atoms with Crippen molar-refractivity contribution < 1.29 is 4.42 Å². The highest BCUT2D eigenvalue weighted by molar-refractivity contribution is 7.98. The second-order valence-corrected chi connectivity index (χ2v) is 6.16. The van der Waals surface area contributed by atoms with Crippen molar-refractivity contribution in [3.8, 4) is 0 Å². The summed E-state index contributed by atoms with van der Waals surface area (Å²) in [6, 6.07) is 8.82. The fourth-order valence-electron chi connectivity index (χ4n) is 2.40. The lowest BCUT2D eigenvalue weighted by atomic mass is 10.1. The van der Waals surface area contributed by atoms with Crippen LogP contribution in [0.15, 0.2) is 28.7 Å². The molecular weight excluding hydrogens is 268 g/mol. The minimum atomic E-state index is 0.542. The van der Waals surface area contributed by atoms with Crippen LogP contribution in [0.5, 0.6) is 0 Å². The lowest BCUT2D eigenvalue weighted by Gasteiger charge is -2.23. The van der Waals surface area contributed by atoms with Crippen molar-refractivity contribution in [2.45, 2.75) is 26.1 Å². The topological polar surface area (TPSA) is 28.4 Å². The number of nitrogens with one attached hydrogen (secondary N) is 1. The summed E-state index contributed by atoms with van der Waals surface area (Å²) in [5, 5.41) is 4.47. The summed E-state index contributed by atoms with van der Waals surface area (Å²) in [4.78, 5) is 2.35. The van der Waals surface area contributed by atoms with Gasteiger partial charge in [0.05, 0.1) is 6.54 Å². The van der Waals surface area contributed by atoms with E-state index in [1.54, 1.807) is 0 Å². The van der Waals surface area contributed by atoms with Gasteiger partial charge in [-0.1, -0.05) is 18.2 Å². The van der Waals surface area contributed by atoms with E-state index in [1.165, 1.54) is 10.9 Å². The van der Waals surface area contributed by atoms with E-state index in [2.05, 4.69) is 42.6 Å². The molecule has 0 saturated heterocycles. The summed E-state index contributed by atoms with van der Waals surface area (Å²) in [6.45, 7) is 3.96. The van der Waals surface area contributed by atoms with Gasteiger partial charge >= 0.3 is 0 Å². The lowest BCUT2D eigenvalue weighted by Crippen LogP contribution is -2.30. The predicted molar refractivity (Wildman–Crippen MR) is 88.3 cm³/mol. The van der Waals surface area contributed by atoms with E-state index in [9.17, 15) is 0 Å². The molecule has 0 bridgehead atoms. The van der Waals surface area contributed by atoms with Crippen molar-refractivity contribution in [1.82, 2.24) is 10.2 Å². The minimum absolute atomic E-state index is 0.542. The third-order valence-electron chi connectivity index (χ3n) is 3.69. The van der Waals surface area contributed by atoms with E-state index in [1.807, 2.05) is 30.9 Å². The average Bonchev–Trinajstić information content (AvgIpc) is 2.78. The van der Waals surface area contributed by atoms with Crippen molar-refractivity contribution >= 4 is 22.7 Å². The van der Waals surface area contributed by atoms with E-state index in [4.69, 9.17) is 4.42 Å². The predicted octanol–water partition coefficient (Wildman–Crippen LogP) is 3.34. The van der Waals surface area contributed by atoms with Crippen LogP contribution in [-0.4, -0.2) is 37.0 Å². The highest BCUT2D eigenvalue weighted by Gasteiger charge is 2.17. The lowest BCUT2D eigenvalue weighted by molar-refractivity contribution is 0.248. The number of benzene rings is 1. The minimum Gasteiger partial charge on any atom is -0.459 e. The van der Waals surface area contributed by atoms with Crippen LogP contribution in [0.1, 0.15) is 18.2 Å². The van der Waals surface area contributed by atoms with Crippen LogP contribution in [0.2, 0.25) is 0 Å². The number of thioether (sulfide) groups is 1. The molecule has 0 spiro atoms. The monoisotopic (exact) mass is 292 g/mol. The standard InChI is InChI=1S/C16H24N2OS/c1-12(11-20-4)18(3)10-16-14(9-17-2)13-7-5-6-8-15(13)19-16/h5-8,12,17H,9-11H2,1-4H3. The van der Waals surface area contributed by atoms with Crippen LogP contribution >= 0.6 is 11.8 Å². The molecule has 1 unspecified atom stereocenters. The molecule has 2 aromatic rings. The van der Waals surface area contributed by atoms with Gasteiger partial charge in [0, 0.05) is 29.3 Å². The molecule has 0 aliphatic carbocycles. The van der Waals surface area contributed by atoms with Gasteiger partial charge in [0.25, 0.3) is 0 Å². The number of hydrogen-bond donors (Lipinski definition) is 1. The quantitative estimate of drug-likeness (QED) is 0.847. The smallest absolute Gasteiger partial charge is 0.134 e. The molecule has 0 amide bonds. The Balaban J connectivity index is 2.26. The molecule has 1 atom stereocenters. The molecule has 1 heterocycles. The van der Waals surface area contributed by atoms with Gasteiger partial charge in [0.1, 0.15) is 11.3 Å². The van der Waals surface area contributed by atoms with E-state index < -0.39 is 0 Å². The zero-order chi connectivity index (χ0) is 14.5. The first kappa shape index (κ1) is 15.4. The number of nitrogens with zero attached hydrogens (tertiary/aromatic N) is 1. The summed E-state index contributed by atoms with van der Waals surface area (Å²) >= 11 is 1.88. The Hall–Kier alpha value is -0.970. The van der Waals surface area contributed by atoms with Crippen LogP contribution in [0.25, 0.3) is 11.0 Å². The molecule has 0 fully saturated rings. The molecule has 20 heavy (non-hydrogen) atoms. The second kappa shape index (κ2) is 7.16. The fraction of sp³-hybridized carbons (Fsp3) is 0.500. The Kier molecular flexibility index (Phi) is 5.52. The van der Waals surface area contributed by atoms with E-state index >= 15 is 0 Å². The number of hydrogen-bond acceptors (Lipinski definition) is 4. The maximum Gasteiger partial charge on any atom is 0.134 e. The molecule has 0 aliphatic heterocycles. The molecule has 0 radical (unpaired) electrons. The Labute approximate surface area is 125 Å². The van der Waals surface area contributed by atoms with Crippen molar-refractivity contribution in [2.24, 2.45) is 0 Å². The number of fused-ring (bicyclic) bond motifs is 1. The zero-order valence-electron chi connectivity index (χ0n) is 12.8. The molecule has 0 saturated carbocycles. The van der Waals surface area contributed by atoms with Gasteiger partial charge in [-0.2, -0.15) is 11.8 Å². The molecule has 1 aromatic heterocycles. The highest BCUT2D eigenvalue weighted by Crippen LogP contribution is 2.27. The third-order valence-corrected chi connectivity index (χ3v) is 4.50. The molecule has 3 nitrogen and oxygen atoms in total. The van der Waals surface area contributed by atoms with Crippen LogP contribution in [-0.2, 0) is 13.1 Å². The van der Waals surface area contributed by atoms with Gasteiger partial charge in [-0.05, 0) is 33.3 Å². The number of furan rings is 1. The van der Waals surface area contributed by atoms with E-state index in [0.717, 1.165) is 30.2 Å². The summed E-state index contributed by atoms with van der Waals surface area (Å²) in [6.07, 6.45) is 2.15. The van der Waals surface area contributed by atoms with Gasteiger partial charge in [0.2, 0.25) is 0 Å². The Morgan fingerprint density at radius 3 is 2.80 bits per heavy atom.